The lowest BCUT2D eigenvalue weighted by Gasteiger charge is -2.23. The summed E-state index contributed by atoms with van der Waals surface area (Å²) in [5.41, 5.74) is 2.47. The number of nitrogens with one attached hydrogen (secondary N) is 2. The second kappa shape index (κ2) is 7.05. The predicted octanol–water partition coefficient (Wildman–Crippen LogP) is 3.15. The maximum absolute atomic E-state index is 12.8. The van der Waals surface area contributed by atoms with Crippen LogP contribution in [0.25, 0.3) is 10.2 Å². The first-order valence-electron chi connectivity index (χ1n) is 9.81. The molecule has 6 nitrogen and oxygen atoms in total. The average Bonchev–Trinajstić information content (AvgIpc) is 3.28. The fourth-order valence-corrected chi connectivity index (χ4v) is 4.95. The molecule has 0 spiro atoms. The zero-order valence-electron chi connectivity index (χ0n) is 15.5. The summed E-state index contributed by atoms with van der Waals surface area (Å²) in [7, 11) is 0. The Labute approximate surface area is 166 Å². The van der Waals surface area contributed by atoms with Crippen molar-refractivity contribution in [1.29, 1.82) is 0 Å². The fraction of sp³-hybridized carbons (Fsp3) is 0.381. The Balaban J connectivity index is 1.36. The number of hydrogen-bond acceptors (Lipinski definition) is 5. The number of anilines is 1. The van der Waals surface area contributed by atoms with Crippen LogP contribution in [0.3, 0.4) is 0 Å². The predicted molar refractivity (Wildman–Crippen MR) is 111 cm³/mol. The molecule has 5 rings (SSSR count). The number of rotatable bonds is 5. The van der Waals surface area contributed by atoms with E-state index in [4.69, 9.17) is 0 Å². The zero-order valence-corrected chi connectivity index (χ0v) is 16.3. The molecule has 2 aromatic heterocycles. The monoisotopic (exact) mass is 394 g/mol. The minimum atomic E-state index is -0.230. The van der Waals surface area contributed by atoms with Crippen LogP contribution in [0, 0.1) is 0 Å². The number of H-pyrrole nitrogens is 1. The van der Waals surface area contributed by atoms with Crippen LogP contribution in [-0.2, 0) is 11.3 Å². The van der Waals surface area contributed by atoms with Gasteiger partial charge in [0.05, 0.1) is 4.70 Å². The molecule has 0 radical (unpaired) electrons. The van der Waals surface area contributed by atoms with E-state index in [9.17, 15) is 9.59 Å². The second-order valence-electron chi connectivity index (χ2n) is 7.59. The first-order chi connectivity index (χ1) is 13.7. The quantitative estimate of drug-likeness (QED) is 0.697. The van der Waals surface area contributed by atoms with Gasteiger partial charge in [-0.15, -0.1) is 0 Å². The van der Waals surface area contributed by atoms with Crippen molar-refractivity contribution in [2.45, 2.75) is 44.2 Å². The first-order valence-corrected chi connectivity index (χ1v) is 10.6. The number of nitrogens with zero attached hydrogens (tertiary/aromatic N) is 2. The van der Waals surface area contributed by atoms with Gasteiger partial charge < -0.3 is 15.2 Å². The lowest BCUT2D eigenvalue weighted by Crippen LogP contribution is -2.43. The largest absolute Gasteiger partial charge is 0.350 e. The number of amides is 1. The topological polar surface area (TPSA) is 78.1 Å². The van der Waals surface area contributed by atoms with Gasteiger partial charge in [0.2, 0.25) is 5.91 Å². The molecule has 0 bridgehead atoms. The van der Waals surface area contributed by atoms with Gasteiger partial charge in [0, 0.05) is 18.8 Å². The molecule has 1 atom stereocenters. The van der Waals surface area contributed by atoms with Gasteiger partial charge in [0.25, 0.3) is 5.56 Å². The molecule has 144 valence electrons. The molecule has 2 N–H and O–H groups in total. The van der Waals surface area contributed by atoms with Crippen molar-refractivity contribution in [3.05, 3.63) is 58.0 Å². The number of aromatic nitrogens is 2. The lowest BCUT2D eigenvalue weighted by molar-refractivity contribution is -0.122. The Morgan fingerprint density at radius 3 is 2.86 bits per heavy atom. The molecule has 1 aliphatic heterocycles. The van der Waals surface area contributed by atoms with E-state index in [1.54, 1.807) is 0 Å². The van der Waals surface area contributed by atoms with Crippen LogP contribution in [0.2, 0.25) is 0 Å². The summed E-state index contributed by atoms with van der Waals surface area (Å²) in [6.45, 7) is 1.31. The highest BCUT2D eigenvalue weighted by atomic mass is 32.1. The van der Waals surface area contributed by atoms with Gasteiger partial charge in [0.1, 0.15) is 11.6 Å². The summed E-state index contributed by atoms with van der Waals surface area (Å²) in [5, 5.41) is 3.82. The van der Waals surface area contributed by atoms with E-state index >= 15 is 0 Å². The van der Waals surface area contributed by atoms with Crippen molar-refractivity contribution >= 4 is 32.6 Å². The van der Waals surface area contributed by atoms with E-state index in [2.05, 4.69) is 26.3 Å². The van der Waals surface area contributed by atoms with Gasteiger partial charge >= 0.3 is 0 Å². The van der Waals surface area contributed by atoms with Crippen molar-refractivity contribution in [2.24, 2.45) is 0 Å². The highest BCUT2D eigenvalue weighted by Gasteiger charge is 2.33. The van der Waals surface area contributed by atoms with Gasteiger partial charge in [0.15, 0.2) is 5.13 Å². The molecule has 1 saturated carbocycles. The molecule has 1 aliphatic carbocycles. The van der Waals surface area contributed by atoms with Crippen LogP contribution in [0.5, 0.6) is 0 Å². The molecule has 1 aromatic carbocycles. The SMILES string of the molecule is O=C(NCc1ccccc1)C1CCCN1c1nc2c(=O)[nH]c(C3CC3)cc2s1. The number of thiazole rings is 1. The molecule has 2 fully saturated rings. The maximum Gasteiger partial charge on any atom is 0.275 e. The van der Waals surface area contributed by atoms with Gasteiger partial charge in [-0.25, -0.2) is 4.98 Å². The van der Waals surface area contributed by atoms with Gasteiger partial charge in [-0.1, -0.05) is 41.7 Å². The summed E-state index contributed by atoms with van der Waals surface area (Å²) in [6.07, 6.45) is 4.04. The van der Waals surface area contributed by atoms with Gasteiger partial charge in [-0.3, -0.25) is 9.59 Å². The molecule has 7 heteroatoms. The molecule has 1 unspecified atom stereocenters. The van der Waals surface area contributed by atoms with E-state index in [0.29, 0.717) is 18.0 Å². The second-order valence-corrected chi connectivity index (χ2v) is 8.60. The summed E-state index contributed by atoms with van der Waals surface area (Å²) >= 11 is 1.52. The Kier molecular flexibility index (Phi) is 4.39. The number of aromatic amines is 1. The number of carbonyl (C=O) groups excluding carboxylic acids is 1. The maximum atomic E-state index is 12.8. The number of hydrogen-bond donors (Lipinski definition) is 2. The highest BCUT2D eigenvalue weighted by Crippen LogP contribution is 2.40. The van der Waals surface area contributed by atoms with Crippen LogP contribution in [0.4, 0.5) is 5.13 Å². The van der Waals surface area contributed by atoms with E-state index in [1.165, 1.54) is 11.3 Å². The molecule has 1 saturated heterocycles. The van der Waals surface area contributed by atoms with Crippen LogP contribution in [-0.4, -0.2) is 28.5 Å². The number of carbonyl (C=O) groups is 1. The van der Waals surface area contributed by atoms with E-state index in [1.807, 2.05) is 30.3 Å². The standard InChI is InChI=1S/C21H22N4O2S/c26-19(22-12-13-5-2-1-3-6-13)16-7-4-10-25(16)21-24-18-17(28-21)11-15(14-8-9-14)23-20(18)27/h1-3,5-6,11,14,16H,4,7-10,12H2,(H,22,26)(H,23,27). The zero-order chi connectivity index (χ0) is 19.1. The normalized spacial score (nSPS) is 19.3. The molecule has 2 aliphatic rings. The number of benzene rings is 1. The average molecular weight is 395 g/mol. The van der Waals surface area contributed by atoms with Gasteiger partial charge in [-0.2, -0.15) is 0 Å². The molecular formula is C21H22N4O2S. The highest BCUT2D eigenvalue weighted by molar-refractivity contribution is 7.22. The van der Waals surface area contributed by atoms with Crippen LogP contribution in [0.1, 0.15) is 42.9 Å². The Hall–Kier alpha value is -2.67. The minimum absolute atomic E-state index is 0.0215. The third kappa shape index (κ3) is 3.30. The van der Waals surface area contributed by atoms with E-state index in [0.717, 1.165) is 53.3 Å². The molecule has 3 aromatic rings. The Morgan fingerprint density at radius 2 is 2.07 bits per heavy atom. The van der Waals surface area contributed by atoms with Gasteiger partial charge in [-0.05, 0) is 43.2 Å². The number of pyridine rings is 1. The van der Waals surface area contributed by atoms with Crippen molar-refractivity contribution in [3.63, 3.8) is 0 Å². The van der Waals surface area contributed by atoms with E-state index in [-0.39, 0.29) is 17.5 Å². The Morgan fingerprint density at radius 1 is 1.25 bits per heavy atom. The minimum Gasteiger partial charge on any atom is -0.350 e. The van der Waals surface area contributed by atoms with Crippen LogP contribution in [0.15, 0.2) is 41.2 Å². The van der Waals surface area contributed by atoms with Crippen molar-refractivity contribution in [1.82, 2.24) is 15.3 Å². The first kappa shape index (κ1) is 17.4. The van der Waals surface area contributed by atoms with Crippen LogP contribution >= 0.6 is 11.3 Å². The smallest absolute Gasteiger partial charge is 0.275 e. The molecule has 3 heterocycles. The third-order valence-corrected chi connectivity index (χ3v) is 6.57. The lowest BCUT2D eigenvalue weighted by atomic mass is 10.2. The summed E-state index contributed by atoms with van der Waals surface area (Å²) in [4.78, 5) is 34.8. The summed E-state index contributed by atoms with van der Waals surface area (Å²) in [5.74, 6) is 0.513. The Bertz CT molecular complexity index is 1070. The molecule has 1 amide bonds. The van der Waals surface area contributed by atoms with Crippen LogP contribution < -0.4 is 15.8 Å². The number of fused-ring (bicyclic) bond motifs is 1. The summed E-state index contributed by atoms with van der Waals surface area (Å²) in [6, 6.07) is 11.7. The van der Waals surface area contributed by atoms with Crippen molar-refractivity contribution in [3.8, 4) is 0 Å². The van der Waals surface area contributed by atoms with E-state index < -0.39 is 0 Å². The third-order valence-electron chi connectivity index (χ3n) is 5.53. The van der Waals surface area contributed by atoms with Crippen molar-refractivity contribution < 1.29 is 4.79 Å². The van der Waals surface area contributed by atoms with Crippen molar-refractivity contribution in [2.75, 3.05) is 11.4 Å². The molecule has 28 heavy (non-hydrogen) atoms. The summed E-state index contributed by atoms with van der Waals surface area (Å²) < 4.78 is 0.913. The fourth-order valence-electron chi connectivity index (χ4n) is 3.86. The molecular weight excluding hydrogens is 372 g/mol.